The Hall–Kier alpha value is -3.03. The summed E-state index contributed by atoms with van der Waals surface area (Å²) in [5.41, 5.74) is 1.04. The number of halogens is 1. The zero-order chi connectivity index (χ0) is 16.9. The first kappa shape index (κ1) is 15.9. The smallest absolute Gasteiger partial charge is 0.257 e. The largest absolute Gasteiger partial charge is 0.342 e. The number of aromatic nitrogens is 2. The lowest BCUT2D eigenvalue weighted by atomic mass is 10.2. The third kappa shape index (κ3) is 3.65. The number of piperazine rings is 1. The van der Waals surface area contributed by atoms with Gasteiger partial charge in [0.25, 0.3) is 5.91 Å². The number of amides is 2. The quantitative estimate of drug-likeness (QED) is 0.855. The number of carbonyl (C=O) groups excluding carboxylic acids is 2. The van der Waals surface area contributed by atoms with Crippen LogP contribution in [0.15, 0.2) is 36.7 Å². The molecule has 0 radical (unpaired) electrons. The van der Waals surface area contributed by atoms with Crippen molar-refractivity contribution in [2.45, 2.75) is 0 Å². The second kappa shape index (κ2) is 7.03. The van der Waals surface area contributed by atoms with Gasteiger partial charge in [-0.15, -0.1) is 0 Å². The van der Waals surface area contributed by atoms with Gasteiger partial charge >= 0.3 is 0 Å². The molecule has 1 aromatic heterocycles. The van der Waals surface area contributed by atoms with E-state index in [0.717, 1.165) is 6.41 Å². The van der Waals surface area contributed by atoms with Gasteiger partial charge in [0.05, 0.1) is 5.56 Å². The molecule has 1 fully saturated rings. The highest BCUT2D eigenvalue weighted by atomic mass is 19.1. The van der Waals surface area contributed by atoms with Crippen LogP contribution in [0.4, 0.5) is 16.0 Å². The summed E-state index contributed by atoms with van der Waals surface area (Å²) in [4.78, 5) is 34.6. The second-order valence-corrected chi connectivity index (χ2v) is 5.36. The van der Waals surface area contributed by atoms with Crippen molar-refractivity contribution >= 4 is 24.0 Å². The Morgan fingerprint density at radius 1 is 1.08 bits per heavy atom. The predicted molar refractivity (Wildman–Crippen MR) is 85.3 cm³/mol. The highest BCUT2D eigenvalue weighted by Gasteiger charge is 2.21. The molecule has 1 aromatic carbocycles. The SMILES string of the molecule is O=CN1CCN(C(=O)c2cnc(Nc3ccc(F)cc3)nc2)CC1. The van der Waals surface area contributed by atoms with Crippen LogP contribution in [0.3, 0.4) is 0 Å². The number of carbonyl (C=O) groups is 2. The van der Waals surface area contributed by atoms with E-state index < -0.39 is 0 Å². The maximum Gasteiger partial charge on any atom is 0.257 e. The fourth-order valence-electron chi connectivity index (χ4n) is 2.38. The molecule has 3 rings (SSSR count). The Morgan fingerprint density at radius 2 is 1.71 bits per heavy atom. The first-order valence-corrected chi connectivity index (χ1v) is 7.49. The lowest BCUT2D eigenvalue weighted by Gasteiger charge is -2.32. The molecule has 0 spiro atoms. The minimum Gasteiger partial charge on any atom is -0.342 e. The number of nitrogens with zero attached hydrogens (tertiary/aromatic N) is 4. The third-order valence-electron chi connectivity index (χ3n) is 3.75. The third-order valence-corrected chi connectivity index (χ3v) is 3.75. The number of benzene rings is 1. The van der Waals surface area contributed by atoms with E-state index in [-0.39, 0.29) is 11.7 Å². The topological polar surface area (TPSA) is 78.4 Å². The Bertz CT molecular complexity index is 712. The molecule has 0 atom stereocenters. The second-order valence-electron chi connectivity index (χ2n) is 5.36. The summed E-state index contributed by atoms with van der Waals surface area (Å²) < 4.78 is 12.9. The Balaban J connectivity index is 1.62. The van der Waals surface area contributed by atoms with Gasteiger partial charge in [-0.2, -0.15) is 0 Å². The van der Waals surface area contributed by atoms with E-state index in [4.69, 9.17) is 0 Å². The van der Waals surface area contributed by atoms with E-state index in [1.54, 1.807) is 21.9 Å². The van der Waals surface area contributed by atoms with Crippen molar-refractivity contribution in [3.8, 4) is 0 Å². The van der Waals surface area contributed by atoms with Crippen LogP contribution in [0, 0.1) is 5.82 Å². The highest BCUT2D eigenvalue weighted by Crippen LogP contribution is 2.14. The molecule has 8 heteroatoms. The number of hydrogen-bond donors (Lipinski definition) is 1. The summed E-state index contributed by atoms with van der Waals surface area (Å²) in [7, 11) is 0. The van der Waals surface area contributed by atoms with Crippen LogP contribution >= 0.6 is 0 Å². The van der Waals surface area contributed by atoms with Crippen molar-refractivity contribution in [1.29, 1.82) is 0 Å². The van der Waals surface area contributed by atoms with E-state index >= 15 is 0 Å². The van der Waals surface area contributed by atoms with Crippen molar-refractivity contribution in [2.24, 2.45) is 0 Å². The molecule has 1 aliphatic rings. The lowest BCUT2D eigenvalue weighted by molar-refractivity contribution is -0.119. The Kier molecular flexibility index (Phi) is 4.64. The van der Waals surface area contributed by atoms with Gasteiger partial charge in [0.2, 0.25) is 12.4 Å². The first-order valence-electron chi connectivity index (χ1n) is 7.49. The molecule has 2 heterocycles. The number of hydrogen-bond acceptors (Lipinski definition) is 5. The maximum atomic E-state index is 12.9. The van der Waals surface area contributed by atoms with Gasteiger partial charge in [-0.25, -0.2) is 14.4 Å². The molecule has 2 aromatic rings. The van der Waals surface area contributed by atoms with Crippen LogP contribution in [0.25, 0.3) is 0 Å². The van der Waals surface area contributed by atoms with Crippen molar-refractivity contribution in [3.05, 3.63) is 48.0 Å². The summed E-state index contributed by atoms with van der Waals surface area (Å²) >= 11 is 0. The minimum absolute atomic E-state index is 0.158. The standard InChI is InChI=1S/C16H16FN5O2/c17-13-1-3-14(4-2-13)20-16-18-9-12(10-19-16)15(24)22-7-5-21(11-23)6-8-22/h1-4,9-11H,5-8H2,(H,18,19,20). The predicted octanol–water partition coefficient (Wildman–Crippen LogP) is 1.27. The number of anilines is 2. The minimum atomic E-state index is -0.322. The number of rotatable bonds is 4. The fraction of sp³-hybridized carbons (Fsp3) is 0.250. The van der Waals surface area contributed by atoms with Gasteiger partial charge in [-0.05, 0) is 24.3 Å². The van der Waals surface area contributed by atoms with E-state index in [2.05, 4.69) is 15.3 Å². The molecule has 24 heavy (non-hydrogen) atoms. The van der Waals surface area contributed by atoms with E-state index in [9.17, 15) is 14.0 Å². The average molecular weight is 329 g/mol. The van der Waals surface area contributed by atoms with Gasteiger partial charge in [-0.1, -0.05) is 0 Å². The Morgan fingerprint density at radius 3 is 2.29 bits per heavy atom. The zero-order valence-electron chi connectivity index (χ0n) is 12.9. The molecular weight excluding hydrogens is 313 g/mol. The summed E-state index contributed by atoms with van der Waals surface area (Å²) in [6.07, 6.45) is 3.70. The van der Waals surface area contributed by atoms with Gasteiger partial charge in [0.1, 0.15) is 5.82 Å². The monoisotopic (exact) mass is 329 g/mol. The van der Waals surface area contributed by atoms with Crippen LogP contribution in [-0.4, -0.2) is 58.3 Å². The lowest BCUT2D eigenvalue weighted by Crippen LogP contribution is -2.48. The fourth-order valence-corrected chi connectivity index (χ4v) is 2.38. The highest BCUT2D eigenvalue weighted by molar-refractivity contribution is 5.93. The maximum absolute atomic E-state index is 12.9. The van der Waals surface area contributed by atoms with Gasteiger partial charge in [0, 0.05) is 44.3 Å². The first-order chi connectivity index (χ1) is 11.7. The molecule has 1 N–H and O–H groups in total. The van der Waals surface area contributed by atoms with Gasteiger partial charge < -0.3 is 15.1 Å². The van der Waals surface area contributed by atoms with E-state index in [1.807, 2.05) is 0 Å². The van der Waals surface area contributed by atoms with Crippen LogP contribution in [0.2, 0.25) is 0 Å². The van der Waals surface area contributed by atoms with Crippen molar-refractivity contribution in [2.75, 3.05) is 31.5 Å². The number of nitrogens with one attached hydrogen (secondary N) is 1. The molecule has 0 unspecified atom stereocenters. The van der Waals surface area contributed by atoms with Gasteiger partial charge in [-0.3, -0.25) is 9.59 Å². The van der Waals surface area contributed by atoms with Crippen molar-refractivity contribution in [3.63, 3.8) is 0 Å². The summed E-state index contributed by atoms with van der Waals surface area (Å²) in [6.45, 7) is 2.04. The zero-order valence-corrected chi connectivity index (χ0v) is 12.9. The van der Waals surface area contributed by atoms with Crippen molar-refractivity contribution < 1.29 is 14.0 Å². The molecule has 0 saturated carbocycles. The van der Waals surface area contributed by atoms with Crippen LogP contribution in [-0.2, 0) is 4.79 Å². The van der Waals surface area contributed by atoms with E-state index in [0.29, 0.717) is 43.4 Å². The van der Waals surface area contributed by atoms with E-state index in [1.165, 1.54) is 24.5 Å². The summed E-state index contributed by atoms with van der Waals surface area (Å²) in [6, 6.07) is 5.81. The van der Waals surface area contributed by atoms with Crippen LogP contribution in [0.5, 0.6) is 0 Å². The van der Waals surface area contributed by atoms with Crippen LogP contribution < -0.4 is 5.32 Å². The molecule has 2 amide bonds. The molecule has 7 nitrogen and oxygen atoms in total. The molecule has 0 aliphatic carbocycles. The summed E-state index contributed by atoms with van der Waals surface area (Å²) in [5.74, 6) is -0.157. The molecule has 124 valence electrons. The molecule has 1 saturated heterocycles. The Labute approximate surface area is 138 Å². The molecule has 0 bridgehead atoms. The van der Waals surface area contributed by atoms with Crippen LogP contribution in [0.1, 0.15) is 10.4 Å². The molecule has 1 aliphatic heterocycles. The van der Waals surface area contributed by atoms with Gasteiger partial charge in [0.15, 0.2) is 0 Å². The molecular formula is C16H16FN5O2. The average Bonchev–Trinajstić information content (AvgIpc) is 2.64. The summed E-state index contributed by atoms with van der Waals surface area (Å²) in [5, 5.41) is 2.93. The van der Waals surface area contributed by atoms with Crippen molar-refractivity contribution in [1.82, 2.24) is 19.8 Å². The normalized spacial score (nSPS) is 14.4.